The van der Waals surface area contributed by atoms with Crippen LogP contribution in [0.25, 0.3) is 0 Å². The number of ether oxygens (including phenoxy) is 3. The number of esters is 3. The average Bonchev–Trinajstić information content (AvgIpc) is 3.18. The number of unbranched alkanes of at least 4 members (excludes halogenated alkanes) is 24. The fourth-order valence-corrected chi connectivity index (χ4v) is 7.34. The molecule has 0 bridgehead atoms. The summed E-state index contributed by atoms with van der Waals surface area (Å²) >= 11 is 0. The molecule has 0 spiro atoms. The summed E-state index contributed by atoms with van der Waals surface area (Å²) in [5.74, 6) is 1.63. The number of carbonyl (C=O) groups is 3. The van der Waals surface area contributed by atoms with Crippen molar-refractivity contribution < 1.29 is 28.6 Å². The standard InChI is InChI=1S/C50H96O6/c1-7-45(5)37-31-25-19-15-13-11-9-10-12-14-16-20-27-33-39-48(51)54-42-47(56-50(53)41-35-29-21-17-18-24-30-36-44(3)4)43-55-49(52)40-34-28-23-22-26-32-38-46(6)8-2/h44-47H,7-43H2,1-6H3/t45?,46?,47-/m0/s1. The highest BCUT2D eigenvalue weighted by molar-refractivity contribution is 5.71. The molecule has 6 nitrogen and oxygen atoms in total. The van der Waals surface area contributed by atoms with E-state index in [4.69, 9.17) is 14.2 Å². The first-order valence-corrected chi connectivity index (χ1v) is 24.7. The SMILES string of the molecule is CCC(C)CCCCCCCCCCCCCCCCC(=O)OC[C@@H](COC(=O)CCCCCCCCC(C)CC)OC(=O)CCCCCCCCCC(C)C. The van der Waals surface area contributed by atoms with Gasteiger partial charge in [0, 0.05) is 19.3 Å². The van der Waals surface area contributed by atoms with Gasteiger partial charge < -0.3 is 14.2 Å². The van der Waals surface area contributed by atoms with Crippen molar-refractivity contribution in [3.8, 4) is 0 Å². The minimum absolute atomic E-state index is 0.0664. The largest absolute Gasteiger partial charge is 0.462 e. The summed E-state index contributed by atoms with van der Waals surface area (Å²) in [6, 6.07) is 0. The summed E-state index contributed by atoms with van der Waals surface area (Å²) in [6.45, 7) is 13.7. The molecular formula is C50H96O6. The van der Waals surface area contributed by atoms with E-state index in [1.165, 1.54) is 148 Å². The molecule has 0 aliphatic carbocycles. The van der Waals surface area contributed by atoms with Crippen molar-refractivity contribution >= 4 is 17.9 Å². The van der Waals surface area contributed by atoms with Crippen LogP contribution in [0.4, 0.5) is 0 Å². The zero-order chi connectivity index (χ0) is 41.3. The molecule has 0 N–H and O–H groups in total. The minimum atomic E-state index is -0.763. The predicted molar refractivity (Wildman–Crippen MR) is 238 cm³/mol. The van der Waals surface area contributed by atoms with Crippen molar-refractivity contribution in [2.75, 3.05) is 13.2 Å². The fraction of sp³-hybridized carbons (Fsp3) is 0.940. The second kappa shape index (κ2) is 41.6. The number of rotatable bonds is 43. The lowest BCUT2D eigenvalue weighted by Crippen LogP contribution is -2.30. The van der Waals surface area contributed by atoms with Crippen molar-refractivity contribution in [2.45, 2.75) is 272 Å². The maximum Gasteiger partial charge on any atom is 0.306 e. The number of carbonyl (C=O) groups excluding carboxylic acids is 3. The third kappa shape index (κ3) is 40.6. The van der Waals surface area contributed by atoms with Crippen LogP contribution in [0.1, 0.15) is 266 Å². The van der Waals surface area contributed by atoms with Crippen LogP contribution in [-0.4, -0.2) is 37.2 Å². The minimum Gasteiger partial charge on any atom is -0.462 e. The molecule has 56 heavy (non-hydrogen) atoms. The predicted octanol–water partition coefficient (Wildman–Crippen LogP) is 15.6. The van der Waals surface area contributed by atoms with Gasteiger partial charge in [0.1, 0.15) is 13.2 Å². The topological polar surface area (TPSA) is 78.9 Å². The molecule has 0 heterocycles. The Hall–Kier alpha value is -1.59. The molecule has 0 aliphatic rings. The lowest BCUT2D eigenvalue weighted by molar-refractivity contribution is -0.167. The van der Waals surface area contributed by atoms with Gasteiger partial charge in [-0.05, 0) is 37.0 Å². The van der Waals surface area contributed by atoms with Gasteiger partial charge in [0.15, 0.2) is 6.10 Å². The monoisotopic (exact) mass is 793 g/mol. The summed E-state index contributed by atoms with van der Waals surface area (Å²) in [5, 5.41) is 0. The molecule has 0 aliphatic heterocycles. The quantitative estimate of drug-likeness (QED) is 0.0348. The van der Waals surface area contributed by atoms with Crippen LogP contribution < -0.4 is 0 Å². The third-order valence-electron chi connectivity index (χ3n) is 11.9. The second-order valence-corrected chi connectivity index (χ2v) is 18.1. The molecule has 2 unspecified atom stereocenters. The Kier molecular flexibility index (Phi) is 40.4. The molecule has 0 aromatic rings. The maximum atomic E-state index is 12.7. The van der Waals surface area contributed by atoms with Gasteiger partial charge in [-0.15, -0.1) is 0 Å². The maximum absolute atomic E-state index is 12.7. The van der Waals surface area contributed by atoms with E-state index >= 15 is 0 Å². The van der Waals surface area contributed by atoms with Crippen molar-refractivity contribution in [1.82, 2.24) is 0 Å². The van der Waals surface area contributed by atoms with Gasteiger partial charge in [0.05, 0.1) is 0 Å². The molecule has 0 radical (unpaired) electrons. The summed E-state index contributed by atoms with van der Waals surface area (Å²) in [5.41, 5.74) is 0. The first-order valence-electron chi connectivity index (χ1n) is 24.7. The van der Waals surface area contributed by atoms with Gasteiger partial charge in [-0.3, -0.25) is 14.4 Å². The lowest BCUT2D eigenvalue weighted by atomic mass is 9.99. The van der Waals surface area contributed by atoms with Crippen LogP contribution in [0.5, 0.6) is 0 Å². The van der Waals surface area contributed by atoms with Gasteiger partial charge in [0.25, 0.3) is 0 Å². The highest BCUT2D eigenvalue weighted by Crippen LogP contribution is 2.18. The Balaban J connectivity index is 4.25. The summed E-state index contributed by atoms with van der Waals surface area (Å²) in [4.78, 5) is 37.8. The zero-order valence-corrected chi connectivity index (χ0v) is 38.4. The van der Waals surface area contributed by atoms with E-state index in [9.17, 15) is 14.4 Å². The molecular weight excluding hydrogens is 697 g/mol. The number of hydrogen-bond acceptors (Lipinski definition) is 6. The molecule has 332 valence electrons. The molecule has 0 saturated carbocycles. The van der Waals surface area contributed by atoms with Crippen LogP contribution in [0.2, 0.25) is 0 Å². The highest BCUT2D eigenvalue weighted by atomic mass is 16.6. The van der Waals surface area contributed by atoms with Crippen LogP contribution in [0, 0.1) is 17.8 Å². The smallest absolute Gasteiger partial charge is 0.306 e. The van der Waals surface area contributed by atoms with Crippen molar-refractivity contribution in [1.29, 1.82) is 0 Å². The molecule has 0 aromatic heterocycles. The Bertz CT molecular complexity index is 872. The zero-order valence-electron chi connectivity index (χ0n) is 38.4. The summed E-state index contributed by atoms with van der Waals surface area (Å²) < 4.78 is 16.7. The Labute approximate surface area is 348 Å². The first-order chi connectivity index (χ1) is 27.2. The first kappa shape index (κ1) is 54.4. The second-order valence-electron chi connectivity index (χ2n) is 18.1. The van der Waals surface area contributed by atoms with Crippen molar-refractivity contribution in [2.24, 2.45) is 17.8 Å². The average molecular weight is 793 g/mol. The highest BCUT2D eigenvalue weighted by Gasteiger charge is 2.19. The normalized spacial score (nSPS) is 13.1. The van der Waals surface area contributed by atoms with Crippen LogP contribution in [0.15, 0.2) is 0 Å². The molecule has 6 heteroatoms. The van der Waals surface area contributed by atoms with Crippen LogP contribution in [0.3, 0.4) is 0 Å². The van der Waals surface area contributed by atoms with E-state index in [1.807, 2.05) is 0 Å². The van der Waals surface area contributed by atoms with E-state index in [-0.39, 0.29) is 31.1 Å². The van der Waals surface area contributed by atoms with Crippen molar-refractivity contribution in [3.05, 3.63) is 0 Å². The van der Waals surface area contributed by atoms with Crippen LogP contribution >= 0.6 is 0 Å². The van der Waals surface area contributed by atoms with E-state index in [0.717, 1.165) is 75.5 Å². The van der Waals surface area contributed by atoms with E-state index < -0.39 is 6.10 Å². The van der Waals surface area contributed by atoms with E-state index in [1.54, 1.807) is 0 Å². The van der Waals surface area contributed by atoms with Crippen LogP contribution in [-0.2, 0) is 28.6 Å². The third-order valence-corrected chi connectivity index (χ3v) is 11.9. The van der Waals surface area contributed by atoms with Crippen molar-refractivity contribution in [3.63, 3.8) is 0 Å². The Morgan fingerprint density at radius 3 is 0.929 bits per heavy atom. The van der Waals surface area contributed by atoms with Gasteiger partial charge in [-0.1, -0.05) is 228 Å². The molecule has 3 atom stereocenters. The molecule has 0 aromatic carbocycles. The van der Waals surface area contributed by atoms with E-state index in [0.29, 0.717) is 19.3 Å². The lowest BCUT2D eigenvalue weighted by Gasteiger charge is -2.18. The van der Waals surface area contributed by atoms with Gasteiger partial charge >= 0.3 is 17.9 Å². The van der Waals surface area contributed by atoms with Gasteiger partial charge in [0.2, 0.25) is 0 Å². The van der Waals surface area contributed by atoms with Gasteiger partial charge in [-0.2, -0.15) is 0 Å². The summed E-state index contributed by atoms with van der Waals surface area (Å²) in [7, 11) is 0. The van der Waals surface area contributed by atoms with E-state index in [2.05, 4.69) is 41.5 Å². The Morgan fingerprint density at radius 1 is 0.357 bits per heavy atom. The molecule has 0 fully saturated rings. The summed E-state index contributed by atoms with van der Waals surface area (Å²) in [6.07, 6.45) is 39.5. The van der Waals surface area contributed by atoms with Gasteiger partial charge in [-0.25, -0.2) is 0 Å². The molecule has 0 rings (SSSR count). The number of hydrogen-bond donors (Lipinski definition) is 0. The Morgan fingerprint density at radius 2 is 0.625 bits per heavy atom. The fourth-order valence-electron chi connectivity index (χ4n) is 7.34. The molecule has 0 saturated heterocycles. The molecule has 0 amide bonds.